The Balaban J connectivity index is 1.91. The van der Waals surface area contributed by atoms with Gasteiger partial charge in [0, 0.05) is 7.11 Å². The summed E-state index contributed by atoms with van der Waals surface area (Å²) in [6, 6.07) is 0. The fourth-order valence-electron chi connectivity index (χ4n) is 2.40. The summed E-state index contributed by atoms with van der Waals surface area (Å²) in [7, 11) is 1.64. The molecule has 108 valence electrons. The molecule has 0 spiro atoms. The first-order valence-corrected chi connectivity index (χ1v) is 6.93. The number of methoxy groups -OCH3 is 1. The van der Waals surface area contributed by atoms with Gasteiger partial charge < -0.3 is 19.7 Å². The first-order valence-electron chi connectivity index (χ1n) is 6.93. The summed E-state index contributed by atoms with van der Waals surface area (Å²) in [5.74, 6) is 1.11. The van der Waals surface area contributed by atoms with E-state index >= 15 is 0 Å². The molecule has 0 radical (unpaired) electrons. The number of rotatable bonds is 6. The molecular formula is C13H23N3O3. The van der Waals surface area contributed by atoms with E-state index in [2.05, 4.69) is 10.1 Å². The highest BCUT2D eigenvalue weighted by molar-refractivity contribution is 5.04. The maximum Gasteiger partial charge on any atom is 0.252 e. The van der Waals surface area contributed by atoms with Gasteiger partial charge in [0.2, 0.25) is 0 Å². The van der Waals surface area contributed by atoms with Gasteiger partial charge in [-0.1, -0.05) is 30.8 Å². The van der Waals surface area contributed by atoms with Gasteiger partial charge in [0.05, 0.1) is 18.8 Å². The zero-order chi connectivity index (χ0) is 13.6. The van der Waals surface area contributed by atoms with E-state index in [1.807, 2.05) is 0 Å². The van der Waals surface area contributed by atoms with Gasteiger partial charge in [0.15, 0.2) is 5.82 Å². The van der Waals surface area contributed by atoms with Crippen LogP contribution in [-0.2, 0) is 21.6 Å². The predicted molar refractivity (Wildman–Crippen MR) is 69.4 cm³/mol. The maximum atomic E-state index is 6.42. The third-order valence-corrected chi connectivity index (χ3v) is 3.57. The van der Waals surface area contributed by atoms with Gasteiger partial charge in [-0.05, 0) is 12.8 Å². The molecule has 1 aliphatic carbocycles. The number of hydrogen-bond acceptors (Lipinski definition) is 6. The smallest absolute Gasteiger partial charge is 0.252 e. The lowest BCUT2D eigenvalue weighted by atomic mass is 9.91. The predicted octanol–water partition coefficient (Wildman–Crippen LogP) is 1.74. The molecule has 0 unspecified atom stereocenters. The first-order chi connectivity index (χ1) is 9.24. The van der Waals surface area contributed by atoms with E-state index in [0.29, 0.717) is 31.5 Å². The number of aromatic nitrogens is 2. The van der Waals surface area contributed by atoms with Crippen LogP contribution in [0.2, 0.25) is 0 Å². The van der Waals surface area contributed by atoms with Gasteiger partial charge in [0.1, 0.15) is 6.61 Å². The Kier molecular flexibility index (Phi) is 5.30. The fourth-order valence-corrected chi connectivity index (χ4v) is 2.40. The lowest BCUT2D eigenvalue weighted by molar-refractivity contribution is 0.0494. The van der Waals surface area contributed by atoms with E-state index in [0.717, 1.165) is 25.7 Å². The Labute approximate surface area is 113 Å². The molecule has 0 atom stereocenters. The van der Waals surface area contributed by atoms with Crippen LogP contribution in [0.4, 0.5) is 0 Å². The average Bonchev–Trinajstić information content (AvgIpc) is 2.78. The monoisotopic (exact) mass is 269 g/mol. The standard InChI is InChI=1S/C13H23N3O3/c1-17-8-9-18-10-11-15-12(16-19-11)13(14)6-4-2-3-5-7-13/h2-10,14H2,1H3. The zero-order valence-electron chi connectivity index (χ0n) is 11.6. The molecule has 19 heavy (non-hydrogen) atoms. The van der Waals surface area contributed by atoms with Crippen LogP contribution in [0.5, 0.6) is 0 Å². The van der Waals surface area contributed by atoms with Crippen molar-refractivity contribution in [3.8, 4) is 0 Å². The summed E-state index contributed by atoms with van der Waals surface area (Å²) in [5.41, 5.74) is 6.00. The summed E-state index contributed by atoms with van der Waals surface area (Å²) >= 11 is 0. The van der Waals surface area contributed by atoms with Crippen molar-refractivity contribution in [3.05, 3.63) is 11.7 Å². The van der Waals surface area contributed by atoms with Crippen molar-refractivity contribution in [1.29, 1.82) is 0 Å². The lowest BCUT2D eigenvalue weighted by Gasteiger charge is -2.23. The number of nitrogens with zero attached hydrogens (tertiary/aromatic N) is 2. The molecule has 2 rings (SSSR count). The molecule has 1 aliphatic rings. The molecule has 1 heterocycles. The highest BCUT2D eigenvalue weighted by Gasteiger charge is 2.33. The van der Waals surface area contributed by atoms with Crippen molar-refractivity contribution < 1.29 is 14.0 Å². The Morgan fingerprint density at radius 3 is 2.63 bits per heavy atom. The number of hydrogen-bond donors (Lipinski definition) is 1. The number of ether oxygens (including phenoxy) is 2. The second-order valence-corrected chi connectivity index (χ2v) is 5.13. The van der Waals surface area contributed by atoms with E-state index in [4.69, 9.17) is 19.7 Å². The largest absolute Gasteiger partial charge is 0.382 e. The summed E-state index contributed by atoms with van der Waals surface area (Å²) in [6.45, 7) is 1.39. The molecule has 1 fully saturated rings. The molecule has 1 aromatic heterocycles. The molecule has 6 heteroatoms. The van der Waals surface area contributed by atoms with E-state index in [9.17, 15) is 0 Å². The fraction of sp³-hybridized carbons (Fsp3) is 0.846. The molecular weight excluding hydrogens is 246 g/mol. The molecule has 1 aromatic rings. The SMILES string of the molecule is COCCOCc1nc(C2(N)CCCCCC2)no1. The molecule has 0 aliphatic heterocycles. The van der Waals surface area contributed by atoms with Crippen LogP contribution >= 0.6 is 0 Å². The minimum Gasteiger partial charge on any atom is -0.382 e. The molecule has 0 saturated heterocycles. The van der Waals surface area contributed by atoms with Crippen molar-refractivity contribution >= 4 is 0 Å². The van der Waals surface area contributed by atoms with E-state index < -0.39 is 5.54 Å². The Bertz CT molecular complexity index is 373. The third-order valence-electron chi connectivity index (χ3n) is 3.57. The van der Waals surface area contributed by atoms with Gasteiger partial charge in [-0.25, -0.2) is 0 Å². The minimum absolute atomic E-state index is 0.312. The molecule has 0 amide bonds. The van der Waals surface area contributed by atoms with Crippen molar-refractivity contribution in [2.24, 2.45) is 5.73 Å². The Hall–Kier alpha value is -0.980. The lowest BCUT2D eigenvalue weighted by Crippen LogP contribution is -2.37. The van der Waals surface area contributed by atoms with Crippen LogP contribution in [0.25, 0.3) is 0 Å². The van der Waals surface area contributed by atoms with Crippen LogP contribution in [-0.4, -0.2) is 30.5 Å². The van der Waals surface area contributed by atoms with Crippen molar-refractivity contribution in [2.75, 3.05) is 20.3 Å². The highest BCUT2D eigenvalue weighted by Crippen LogP contribution is 2.31. The average molecular weight is 269 g/mol. The van der Waals surface area contributed by atoms with Crippen molar-refractivity contribution in [3.63, 3.8) is 0 Å². The summed E-state index contributed by atoms with van der Waals surface area (Å²) in [5, 5.41) is 4.03. The number of nitrogens with two attached hydrogens (primary N) is 1. The maximum absolute atomic E-state index is 6.42. The summed E-state index contributed by atoms with van der Waals surface area (Å²) in [4.78, 5) is 4.38. The van der Waals surface area contributed by atoms with Gasteiger partial charge in [-0.2, -0.15) is 4.98 Å². The molecule has 6 nitrogen and oxygen atoms in total. The van der Waals surface area contributed by atoms with Gasteiger partial charge in [-0.3, -0.25) is 0 Å². The Morgan fingerprint density at radius 2 is 1.95 bits per heavy atom. The van der Waals surface area contributed by atoms with Crippen LogP contribution in [0.1, 0.15) is 50.2 Å². The van der Waals surface area contributed by atoms with Crippen LogP contribution in [0.3, 0.4) is 0 Å². The molecule has 0 bridgehead atoms. The quantitative estimate of drug-likeness (QED) is 0.625. The highest BCUT2D eigenvalue weighted by atomic mass is 16.5. The minimum atomic E-state index is -0.426. The summed E-state index contributed by atoms with van der Waals surface area (Å²) < 4.78 is 15.5. The van der Waals surface area contributed by atoms with E-state index in [-0.39, 0.29) is 0 Å². The van der Waals surface area contributed by atoms with Crippen LogP contribution < -0.4 is 5.73 Å². The zero-order valence-corrected chi connectivity index (χ0v) is 11.6. The van der Waals surface area contributed by atoms with Gasteiger partial charge in [0.25, 0.3) is 5.89 Å². The van der Waals surface area contributed by atoms with Gasteiger partial charge >= 0.3 is 0 Å². The van der Waals surface area contributed by atoms with Crippen LogP contribution in [0.15, 0.2) is 4.52 Å². The summed E-state index contributed by atoms with van der Waals surface area (Å²) in [6.07, 6.45) is 6.59. The van der Waals surface area contributed by atoms with Crippen LogP contribution in [0, 0.1) is 0 Å². The van der Waals surface area contributed by atoms with Crippen molar-refractivity contribution in [1.82, 2.24) is 10.1 Å². The third kappa shape index (κ3) is 3.99. The molecule has 0 aromatic carbocycles. The topological polar surface area (TPSA) is 83.4 Å². The van der Waals surface area contributed by atoms with E-state index in [1.165, 1.54) is 12.8 Å². The van der Waals surface area contributed by atoms with Gasteiger partial charge in [-0.15, -0.1) is 0 Å². The van der Waals surface area contributed by atoms with E-state index in [1.54, 1.807) is 7.11 Å². The first kappa shape index (κ1) is 14.4. The Morgan fingerprint density at radius 1 is 1.21 bits per heavy atom. The second-order valence-electron chi connectivity index (χ2n) is 5.13. The normalized spacial score (nSPS) is 19.3. The van der Waals surface area contributed by atoms with Crippen molar-refractivity contribution in [2.45, 2.75) is 50.7 Å². The second kappa shape index (κ2) is 6.98. The molecule has 2 N–H and O–H groups in total. The molecule has 1 saturated carbocycles.